The summed E-state index contributed by atoms with van der Waals surface area (Å²) in [4.78, 5) is 2.44. The molecule has 0 aliphatic carbocycles. The fourth-order valence-electron chi connectivity index (χ4n) is 3.12. The average molecular weight is 306 g/mol. The van der Waals surface area contributed by atoms with Crippen molar-refractivity contribution in [1.29, 1.82) is 0 Å². The summed E-state index contributed by atoms with van der Waals surface area (Å²) in [6, 6.07) is 8.62. The van der Waals surface area contributed by atoms with Crippen LogP contribution in [0.2, 0.25) is 0 Å². The number of morpholine rings is 1. The van der Waals surface area contributed by atoms with Crippen molar-refractivity contribution in [3.8, 4) is 0 Å². The molecule has 4 heteroatoms. The predicted molar refractivity (Wildman–Crippen MR) is 91.2 cm³/mol. The van der Waals surface area contributed by atoms with Gasteiger partial charge in [0.15, 0.2) is 0 Å². The van der Waals surface area contributed by atoms with Gasteiger partial charge in [0.25, 0.3) is 0 Å². The quantitative estimate of drug-likeness (QED) is 0.812. The number of hydrogen-bond acceptors (Lipinski definition) is 4. The molecule has 0 amide bonds. The Kier molecular flexibility index (Phi) is 6.68. The van der Waals surface area contributed by atoms with Gasteiger partial charge in [-0.25, -0.2) is 0 Å². The second-order valence-electron chi connectivity index (χ2n) is 6.54. The molecule has 1 fully saturated rings. The van der Waals surface area contributed by atoms with E-state index < -0.39 is 0 Å². The number of ether oxygens (including phenoxy) is 1. The number of aliphatic hydroxyl groups excluding tert-OH is 1. The van der Waals surface area contributed by atoms with Crippen LogP contribution >= 0.6 is 0 Å². The summed E-state index contributed by atoms with van der Waals surface area (Å²) in [5.74, 6) is 0.501. The Labute approximate surface area is 134 Å². The highest BCUT2D eigenvalue weighted by molar-refractivity contribution is 5.54. The number of nitrogens with zero attached hydrogens (tertiary/aromatic N) is 1. The van der Waals surface area contributed by atoms with Gasteiger partial charge in [-0.05, 0) is 44.4 Å². The average Bonchev–Trinajstić information content (AvgIpc) is 2.47. The predicted octanol–water partition coefficient (Wildman–Crippen LogP) is 2.41. The molecule has 2 N–H and O–H groups in total. The lowest BCUT2D eigenvalue weighted by Crippen LogP contribution is -2.46. The maximum atomic E-state index is 8.97. The fourth-order valence-corrected chi connectivity index (χ4v) is 3.12. The zero-order valence-electron chi connectivity index (χ0n) is 14.1. The summed E-state index contributed by atoms with van der Waals surface area (Å²) in [6.07, 6.45) is 1.40. The highest BCUT2D eigenvalue weighted by Gasteiger charge is 2.23. The highest BCUT2D eigenvalue weighted by Crippen LogP contribution is 2.24. The van der Waals surface area contributed by atoms with Crippen molar-refractivity contribution in [1.82, 2.24) is 5.32 Å². The minimum Gasteiger partial charge on any atom is -0.396 e. The van der Waals surface area contributed by atoms with Gasteiger partial charge >= 0.3 is 0 Å². The number of anilines is 1. The smallest absolute Gasteiger partial charge is 0.0726 e. The van der Waals surface area contributed by atoms with Gasteiger partial charge in [0.2, 0.25) is 0 Å². The number of para-hydroxylation sites is 1. The van der Waals surface area contributed by atoms with E-state index in [1.165, 1.54) is 11.3 Å². The van der Waals surface area contributed by atoms with Gasteiger partial charge in [-0.1, -0.05) is 25.1 Å². The third-order valence-corrected chi connectivity index (χ3v) is 4.18. The standard InChI is InChI=1S/C18H30N2O2/c1-14(8-9-21)10-19-11-17-6-4-5-7-18(17)20-12-15(2)22-16(3)13-20/h4-7,14-16,19,21H,8-13H2,1-3H3. The Balaban J connectivity index is 1.97. The van der Waals surface area contributed by atoms with E-state index in [2.05, 4.69) is 55.3 Å². The van der Waals surface area contributed by atoms with Gasteiger partial charge in [-0.2, -0.15) is 0 Å². The van der Waals surface area contributed by atoms with Crippen LogP contribution in [-0.4, -0.2) is 43.6 Å². The van der Waals surface area contributed by atoms with Gasteiger partial charge in [-0.3, -0.25) is 0 Å². The van der Waals surface area contributed by atoms with Crippen LogP contribution in [0, 0.1) is 5.92 Å². The summed E-state index contributed by atoms with van der Waals surface area (Å²) in [5.41, 5.74) is 2.65. The van der Waals surface area contributed by atoms with Crippen LogP contribution in [0.15, 0.2) is 24.3 Å². The van der Waals surface area contributed by atoms with Gasteiger partial charge < -0.3 is 20.1 Å². The second-order valence-corrected chi connectivity index (χ2v) is 6.54. The van der Waals surface area contributed by atoms with Crippen molar-refractivity contribution in [2.24, 2.45) is 5.92 Å². The molecule has 4 nitrogen and oxygen atoms in total. The third-order valence-electron chi connectivity index (χ3n) is 4.18. The normalized spacial score (nSPS) is 23.5. The topological polar surface area (TPSA) is 44.7 Å². The first-order chi connectivity index (χ1) is 10.6. The lowest BCUT2D eigenvalue weighted by atomic mass is 10.1. The molecule has 22 heavy (non-hydrogen) atoms. The molecule has 0 spiro atoms. The number of nitrogens with one attached hydrogen (secondary N) is 1. The molecule has 0 bridgehead atoms. The van der Waals surface area contributed by atoms with E-state index in [1.807, 2.05) is 0 Å². The Morgan fingerprint density at radius 1 is 1.27 bits per heavy atom. The zero-order valence-corrected chi connectivity index (χ0v) is 14.1. The van der Waals surface area contributed by atoms with Crippen LogP contribution in [0.1, 0.15) is 32.8 Å². The van der Waals surface area contributed by atoms with Gasteiger partial charge in [0.1, 0.15) is 0 Å². The van der Waals surface area contributed by atoms with Crippen LogP contribution in [0.3, 0.4) is 0 Å². The van der Waals surface area contributed by atoms with Crippen LogP contribution in [0.25, 0.3) is 0 Å². The van der Waals surface area contributed by atoms with Gasteiger partial charge in [0, 0.05) is 31.9 Å². The second kappa shape index (κ2) is 8.51. The molecule has 0 aromatic heterocycles. The molecule has 1 aliphatic heterocycles. The van der Waals surface area contributed by atoms with Crippen molar-refractivity contribution in [2.75, 3.05) is 31.1 Å². The summed E-state index contributed by atoms with van der Waals surface area (Å²) in [7, 11) is 0. The summed E-state index contributed by atoms with van der Waals surface area (Å²) < 4.78 is 5.84. The van der Waals surface area contributed by atoms with E-state index >= 15 is 0 Å². The molecule has 1 aromatic rings. The molecule has 2 rings (SSSR count). The summed E-state index contributed by atoms with van der Waals surface area (Å²) in [6.45, 7) is 10.4. The van der Waals surface area contributed by atoms with Gasteiger partial charge in [0.05, 0.1) is 12.2 Å². The molecule has 1 aromatic carbocycles. The van der Waals surface area contributed by atoms with Gasteiger partial charge in [-0.15, -0.1) is 0 Å². The Morgan fingerprint density at radius 3 is 2.64 bits per heavy atom. The van der Waals surface area contributed by atoms with E-state index in [0.29, 0.717) is 5.92 Å². The molecule has 0 saturated carbocycles. The number of rotatable bonds is 7. The largest absolute Gasteiger partial charge is 0.396 e. The molecular weight excluding hydrogens is 276 g/mol. The Hall–Kier alpha value is -1.10. The first kappa shape index (κ1) is 17.3. The first-order valence-corrected chi connectivity index (χ1v) is 8.40. The van der Waals surface area contributed by atoms with Crippen LogP contribution in [0.4, 0.5) is 5.69 Å². The molecule has 1 saturated heterocycles. The van der Waals surface area contributed by atoms with E-state index in [1.54, 1.807) is 0 Å². The van der Waals surface area contributed by atoms with Crippen molar-refractivity contribution in [2.45, 2.75) is 45.9 Å². The summed E-state index contributed by atoms with van der Waals surface area (Å²) in [5, 5.41) is 12.5. The number of benzene rings is 1. The zero-order chi connectivity index (χ0) is 15.9. The molecule has 3 unspecified atom stereocenters. The molecule has 3 atom stereocenters. The minimum absolute atomic E-state index is 0.267. The van der Waals surface area contributed by atoms with Crippen LogP contribution < -0.4 is 10.2 Å². The third kappa shape index (κ3) is 4.97. The molecular formula is C18H30N2O2. The number of aliphatic hydroxyl groups is 1. The van der Waals surface area contributed by atoms with Crippen molar-refractivity contribution >= 4 is 5.69 Å². The van der Waals surface area contributed by atoms with Crippen LogP contribution in [-0.2, 0) is 11.3 Å². The van der Waals surface area contributed by atoms with Crippen molar-refractivity contribution in [3.05, 3.63) is 29.8 Å². The SMILES string of the molecule is CC(CCO)CNCc1ccccc1N1CC(C)OC(C)C1. The maximum Gasteiger partial charge on any atom is 0.0726 e. The Morgan fingerprint density at radius 2 is 1.95 bits per heavy atom. The summed E-state index contributed by atoms with van der Waals surface area (Å²) >= 11 is 0. The fraction of sp³-hybridized carbons (Fsp3) is 0.667. The molecule has 1 heterocycles. The molecule has 124 valence electrons. The Bertz CT molecular complexity index is 442. The van der Waals surface area contributed by atoms with E-state index in [-0.39, 0.29) is 18.8 Å². The lowest BCUT2D eigenvalue weighted by molar-refractivity contribution is -0.00526. The molecule has 1 aliphatic rings. The first-order valence-electron chi connectivity index (χ1n) is 8.40. The molecule has 0 radical (unpaired) electrons. The van der Waals surface area contributed by atoms with E-state index in [4.69, 9.17) is 9.84 Å². The van der Waals surface area contributed by atoms with E-state index in [9.17, 15) is 0 Å². The van der Waals surface area contributed by atoms with Crippen molar-refractivity contribution in [3.63, 3.8) is 0 Å². The number of hydrogen-bond donors (Lipinski definition) is 2. The van der Waals surface area contributed by atoms with E-state index in [0.717, 1.165) is 32.6 Å². The monoisotopic (exact) mass is 306 g/mol. The lowest BCUT2D eigenvalue weighted by Gasteiger charge is -2.37. The highest BCUT2D eigenvalue weighted by atomic mass is 16.5. The van der Waals surface area contributed by atoms with Crippen LogP contribution in [0.5, 0.6) is 0 Å². The van der Waals surface area contributed by atoms with Crippen molar-refractivity contribution < 1.29 is 9.84 Å². The minimum atomic E-state index is 0.267. The maximum absolute atomic E-state index is 8.97.